The van der Waals surface area contributed by atoms with Gasteiger partial charge in [0, 0.05) is 25.2 Å². The van der Waals surface area contributed by atoms with Gasteiger partial charge < -0.3 is 28.8 Å². The third-order valence-electron chi connectivity index (χ3n) is 6.49. The Morgan fingerprint density at radius 2 is 1.97 bits per heavy atom. The second-order valence-corrected chi connectivity index (χ2v) is 9.96. The average Bonchev–Trinajstić information content (AvgIpc) is 3.21. The number of carbonyl (C=O) groups is 1. The van der Waals surface area contributed by atoms with Crippen LogP contribution in [0.25, 0.3) is 0 Å². The van der Waals surface area contributed by atoms with E-state index in [0.717, 1.165) is 12.8 Å². The van der Waals surface area contributed by atoms with Crippen LogP contribution < -0.4 is 0 Å². The van der Waals surface area contributed by atoms with E-state index in [0.29, 0.717) is 19.3 Å². The highest BCUT2D eigenvalue weighted by atomic mass is 16.8. The van der Waals surface area contributed by atoms with Crippen molar-refractivity contribution in [1.82, 2.24) is 0 Å². The molecule has 2 spiro atoms. The fraction of sp³-hybridized carbons (Fsp3) is 0.864. The van der Waals surface area contributed by atoms with Gasteiger partial charge in [0.15, 0.2) is 11.6 Å². The number of fused-ring (bicyclic) bond motifs is 1. The van der Waals surface area contributed by atoms with Crippen molar-refractivity contribution in [2.45, 2.75) is 95.8 Å². The SMILES string of the molecule is C[C@H]1C[C@@H]2O[C@@H](CO)C[C@@H]2O[C@@]12CC[C@]1(C=CC[C@@H](COC(=O)C(C)(C)C)O1)O2. The number of rotatable bonds is 3. The van der Waals surface area contributed by atoms with Gasteiger partial charge in [-0.05, 0) is 39.7 Å². The van der Waals surface area contributed by atoms with Crippen molar-refractivity contribution in [3.63, 3.8) is 0 Å². The molecule has 164 valence electrons. The molecule has 0 saturated carbocycles. The predicted octanol–water partition coefficient (Wildman–Crippen LogP) is 2.70. The lowest BCUT2D eigenvalue weighted by Gasteiger charge is -2.45. The molecule has 0 aromatic rings. The highest BCUT2D eigenvalue weighted by Crippen LogP contribution is 2.52. The molecule has 4 aliphatic heterocycles. The van der Waals surface area contributed by atoms with Crippen LogP contribution in [-0.4, -0.2) is 60.3 Å². The summed E-state index contributed by atoms with van der Waals surface area (Å²) in [4.78, 5) is 12.1. The normalized spacial score (nSPS) is 44.4. The lowest BCUT2D eigenvalue weighted by atomic mass is 9.86. The van der Waals surface area contributed by atoms with Crippen LogP contribution in [0.3, 0.4) is 0 Å². The standard InChI is InChI=1S/C22H34O7/c1-14-10-17-18(11-16(12-23)26-17)28-22(14)9-8-21(29-22)7-5-6-15(27-21)13-25-19(24)20(2,3)4/h5,7,14-18,23H,6,8-13H2,1-4H3/t14-,15-,16+,17-,18-,21-,22+/m0/s1. The van der Waals surface area contributed by atoms with Gasteiger partial charge in [-0.3, -0.25) is 4.79 Å². The molecule has 7 heteroatoms. The monoisotopic (exact) mass is 410 g/mol. The number of aliphatic hydroxyl groups is 1. The van der Waals surface area contributed by atoms with E-state index in [9.17, 15) is 9.90 Å². The first-order chi connectivity index (χ1) is 13.6. The Morgan fingerprint density at radius 3 is 2.69 bits per heavy atom. The summed E-state index contributed by atoms with van der Waals surface area (Å²) in [6.07, 6.45) is 7.23. The molecule has 7 nitrogen and oxygen atoms in total. The van der Waals surface area contributed by atoms with Gasteiger partial charge in [-0.25, -0.2) is 0 Å². The van der Waals surface area contributed by atoms with Crippen LogP contribution in [0.1, 0.15) is 59.8 Å². The third kappa shape index (κ3) is 4.12. The van der Waals surface area contributed by atoms with Gasteiger partial charge in [0.05, 0.1) is 36.4 Å². The molecule has 3 saturated heterocycles. The highest BCUT2D eigenvalue weighted by Gasteiger charge is 2.59. The molecule has 3 fully saturated rings. The maximum Gasteiger partial charge on any atom is 0.311 e. The van der Waals surface area contributed by atoms with E-state index >= 15 is 0 Å². The molecular formula is C22H34O7. The van der Waals surface area contributed by atoms with Gasteiger partial charge in [0.2, 0.25) is 0 Å². The molecule has 0 amide bonds. The number of hydrogen-bond donors (Lipinski definition) is 1. The van der Waals surface area contributed by atoms with Crippen molar-refractivity contribution < 1.29 is 33.6 Å². The fourth-order valence-corrected chi connectivity index (χ4v) is 4.78. The minimum Gasteiger partial charge on any atom is -0.463 e. The van der Waals surface area contributed by atoms with Gasteiger partial charge in [-0.15, -0.1) is 0 Å². The van der Waals surface area contributed by atoms with E-state index in [1.54, 1.807) is 0 Å². The molecule has 29 heavy (non-hydrogen) atoms. The molecule has 0 aliphatic carbocycles. The minimum atomic E-state index is -0.839. The zero-order valence-corrected chi connectivity index (χ0v) is 17.9. The summed E-state index contributed by atoms with van der Waals surface area (Å²) in [5.41, 5.74) is -0.534. The predicted molar refractivity (Wildman–Crippen MR) is 104 cm³/mol. The number of hydrogen-bond acceptors (Lipinski definition) is 7. The van der Waals surface area contributed by atoms with Gasteiger partial charge in [-0.1, -0.05) is 13.0 Å². The number of carbonyl (C=O) groups excluding carboxylic acids is 1. The van der Waals surface area contributed by atoms with Crippen LogP contribution in [0.4, 0.5) is 0 Å². The van der Waals surface area contributed by atoms with E-state index in [-0.39, 0.29) is 49.5 Å². The molecule has 4 rings (SSSR count). The summed E-state index contributed by atoms with van der Waals surface area (Å²) in [6, 6.07) is 0. The third-order valence-corrected chi connectivity index (χ3v) is 6.49. The van der Waals surface area contributed by atoms with Gasteiger partial charge in [-0.2, -0.15) is 0 Å². The second-order valence-electron chi connectivity index (χ2n) is 9.96. The fourth-order valence-electron chi connectivity index (χ4n) is 4.78. The largest absolute Gasteiger partial charge is 0.463 e. The molecular weight excluding hydrogens is 376 g/mol. The van der Waals surface area contributed by atoms with E-state index in [2.05, 4.69) is 13.0 Å². The summed E-state index contributed by atoms with van der Waals surface area (Å²) < 4.78 is 30.6. The van der Waals surface area contributed by atoms with E-state index < -0.39 is 17.0 Å². The maximum absolute atomic E-state index is 12.1. The van der Waals surface area contributed by atoms with Crippen molar-refractivity contribution in [3.05, 3.63) is 12.2 Å². The maximum atomic E-state index is 12.1. The molecule has 1 N–H and O–H groups in total. The molecule has 0 radical (unpaired) electrons. The van der Waals surface area contributed by atoms with E-state index in [1.807, 2.05) is 26.8 Å². The summed E-state index contributed by atoms with van der Waals surface area (Å²) in [5, 5.41) is 9.43. The molecule has 0 bridgehead atoms. The lowest BCUT2D eigenvalue weighted by Crippen LogP contribution is -2.53. The zero-order chi connectivity index (χ0) is 20.9. The van der Waals surface area contributed by atoms with Crippen molar-refractivity contribution in [2.75, 3.05) is 13.2 Å². The van der Waals surface area contributed by atoms with E-state index in [4.69, 9.17) is 23.7 Å². The smallest absolute Gasteiger partial charge is 0.311 e. The first-order valence-electron chi connectivity index (χ1n) is 10.8. The Balaban J connectivity index is 1.40. The molecule has 0 aromatic carbocycles. The number of esters is 1. The van der Waals surface area contributed by atoms with Gasteiger partial charge >= 0.3 is 5.97 Å². The van der Waals surface area contributed by atoms with Crippen LogP contribution in [0.15, 0.2) is 12.2 Å². The number of aliphatic hydroxyl groups excluding tert-OH is 1. The average molecular weight is 411 g/mol. The van der Waals surface area contributed by atoms with Crippen LogP contribution >= 0.6 is 0 Å². The molecule has 0 aromatic heterocycles. The minimum absolute atomic E-state index is 0.0142. The first-order valence-corrected chi connectivity index (χ1v) is 10.8. The van der Waals surface area contributed by atoms with Crippen LogP contribution in [0.2, 0.25) is 0 Å². The molecule has 7 atom stereocenters. The Morgan fingerprint density at radius 1 is 1.17 bits per heavy atom. The Labute approximate surface area is 172 Å². The van der Waals surface area contributed by atoms with Gasteiger partial charge in [0.1, 0.15) is 6.61 Å². The molecule has 4 aliphatic rings. The summed E-state index contributed by atoms with van der Waals surface area (Å²) >= 11 is 0. The van der Waals surface area contributed by atoms with Crippen LogP contribution in [0.5, 0.6) is 0 Å². The number of ether oxygens (including phenoxy) is 5. The Hall–Kier alpha value is -0.990. The first kappa shape index (κ1) is 21.2. The van der Waals surface area contributed by atoms with E-state index in [1.165, 1.54) is 0 Å². The molecule has 4 heterocycles. The van der Waals surface area contributed by atoms with Crippen LogP contribution in [0, 0.1) is 11.3 Å². The zero-order valence-electron chi connectivity index (χ0n) is 17.9. The van der Waals surface area contributed by atoms with Crippen molar-refractivity contribution in [3.8, 4) is 0 Å². The Kier molecular flexibility index (Phi) is 5.57. The van der Waals surface area contributed by atoms with Crippen LogP contribution in [-0.2, 0) is 28.5 Å². The van der Waals surface area contributed by atoms with Crippen molar-refractivity contribution in [2.24, 2.45) is 11.3 Å². The molecule has 0 unspecified atom stereocenters. The summed E-state index contributed by atoms with van der Waals surface area (Å²) in [5.74, 6) is -1.63. The summed E-state index contributed by atoms with van der Waals surface area (Å²) in [7, 11) is 0. The Bertz CT molecular complexity index is 656. The lowest BCUT2D eigenvalue weighted by molar-refractivity contribution is -0.358. The summed E-state index contributed by atoms with van der Waals surface area (Å²) in [6.45, 7) is 7.87. The van der Waals surface area contributed by atoms with Crippen molar-refractivity contribution >= 4 is 5.97 Å². The van der Waals surface area contributed by atoms with Gasteiger partial charge in [0.25, 0.3) is 0 Å². The quantitative estimate of drug-likeness (QED) is 0.566. The topological polar surface area (TPSA) is 83.5 Å². The van der Waals surface area contributed by atoms with Crippen molar-refractivity contribution in [1.29, 1.82) is 0 Å². The second kappa shape index (κ2) is 7.61. The highest BCUT2D eigenvalue weighted by molar-refractivity contribution is 5.75.